The third kappa shape index (κ3) is 2.67. The van der Waals surface area contributed by atoms with Gasteiger partial charge < -0.3 is 14.6 Å². The van der Waals surface area contributed by atoms with E-state index in [-0.39, 0.29) is 5.91 Å². The second kappa shape index (κ2) is 6.14. The van der Waals surface area contributed by atoms with Crippen LogP contribution in [0, 0.1) is 11.7 Å². The summed E-state index contributed by atoms with van der Waals surface area (Å²) in [6.45, 7) is 6.82. The molecule has 128 valence electrons. The number of halogens is 1. The summed E-state index contributed by atoms with van der Waals surface area (Å²) in [6, 6.07) is 2.99. The van der Waals surface area contributed by atoms with E-state index < -0.39 is 5.82 Å². The Morgan fingerprint density at radius 3 is 2.92 bits per heavy atom. The molecule has 4 rings (SSSR count). The molecule has 2 aliphatic rings. The molecular formula is C17H21FN4O2. The number of hydrogen-bond acceptors (Lipinski definition) is 4. The number of likely N-dealkylation sites (tertiary alicyclic amines) is 1. The Morgan fingerprint density at radius 1 is 1.33 bits per heavy atom. The molecule has 24 heavy (non-hydrogen) atoms. The highest BCUT2D eigenvalue weighted by molar-refractivity contribution is 6.04. The fourth-order valence-electron chi connectivity index (χ4n) is 3.85. The number of benzene rings is 1. The lowest BCUT2D eigenvalue weighted by Crippen LogP contribution is -2.47. The van der Waals surface area contributed by atoms with Crippen molar-refractivity contribution >= 4 is 16.9 Å². The number of imidazole rings is 1. The van der Waals surface area contributed by atoms with Gasteiger partial charge in [0.15, 0.2) is 0 Å². The Labute approximate surface area is 139 Å². The molecule has 7 heteroatoms. The van der Waals surface area contributed by atoms with Crippen molar-refractivity contribution in [2.75, 3.05) is 39.4 Å². The first-order valence-electron chi connectivity index (χ1n) is 8.37. The lowest BCUT2D eigenvalue weighted by Gasteiger charge is -2.34. The predicted molar refractivity (Wildman–Crippen MR) is 87.3 cm³/mol. The Kier molecular flexibility index (Phi) is 3.97. The molecular weight excluding hydrogens is 311 g/mol. The van der Waals surface area contributed by atoms with Gasteiger partial charge in [0.2, 0.25) is 0 Å². The Morgan fingerprint density at radius 2 is 2.12 bits per heavy atom. The fraction of sp³-hybridized carbons (Fsp3) is 0.529. The molecule has 2 aliphatic heterocycles. The lowest BCUT2D eigenvalue weighted by molar-refractivity contribution is 0.0119. The van der Waals surface area contributed by atoms with E-state index in [4.69, 9.17) is 4.74 Å². The molecule has 0 radical (unpaired) electrons. The summed E-state index contributed by atoms with van der Waals surface area (Å²) in [4.78, 5) is 24.2. The molecule has 1 aromatic heterocycles. The molecule has 0 unspecified atom stereocenters. The first-order chi connectivity index (χ1) is 11.6. The SMILES string of the molecule is C[C@H]1CN(C(=O)c2cc(F)cc3[nH]cnc23)C[C@H]1N1CCOCC1. The molecule has 2 saturated heterocycles. The molecule has 0 aliphatic carbocycles. The van der Waals surface area contributed by atoms with Crippen molar-refractivity contribution in [1.29, 1.82) is 0 Å². The number of carbonyl (C=O) groups is 1. The summed E-state index contributed by atoms with van der Waals surface area (Å²) in [5.74, 6) is -0.184. The van der Waals surface area contributed by atoms with E-state index in [0.717, 1.165) is 26.3 Å². The third-order valence-electron chi connectivity index (χ3n) is 5.09. The van der Waals surface area contributed by atoms with Gasteiger partial charge in [-0.1, -0.05) is 6.92 Å². The molecule has 0 saturated carbocycles. The van der Waals surface area contributed by atoms with Gasteiger partial charge in [0.25, 0.3) is 5.91 Å². The lowest BCUT2D eigenvalue weighted by atomic mass is 10.0. The van der Waals surface area contributed by atoms with E-state index in [0.29, 0.717) is 41.6 Å². The quantitative estimate of drug-likeness (QED) is 0.905. The van der Waals surface area contributed by atoms with Crippen LogP contribution in [0.3, 0.4) is 0 Å². The van der Waals surface area contributed by atoms with Crippen molar-refractivity contribution in [3.8, 4) is 0 Å². The first kappa shape index (κ1) is 15.5. The van der Waals surface area contributed by atoms with E-state index >= 15 is 0 Å². The molecule has 2 aromatic rings. The highest BCUT2D eigenvalue weighted by Gasteiger charge is 2.37. The van der Waals surface area contributed by atoms with Crippen LogP contribution in [0.1, 0.15) is 17.3 Å². The Hall–Kier alpha value is -1.99. The van der Waals surface area contributed by atoms with E-state index in [1.807, 2.05) is 4.90 Å². The number of hydrogen-bond donors (Lipinski definition) is 1. The van der Waals surface area contributed by atoms with E-state index in [9.17, 15) is 9.18 Å². The van der Waals surface area contributed by atoms with Crippen LogP contribution in [0.25, 0.3) is 11.0 Å². The molecule has 3 heterocycles. The second-order valence-electron chi connectivity index (χ2n) is 6.66. The van der Waals surface area contributed by atoms with Gasteiger partial charge in [-0.15, -0.1) is 0 Å². The Bertz CT molecular complexity index is 756. The molecule has 1 amide bonds. The number of aromatic amines is 1. The number of carbonyl (C=O) groups excluding carboxylic acids is 1. The van der Waals surface area contributed by atoms with E-state index in [1.165, 1.54) is 18.5 Å². The zero-order valence-corrected chi connectivity index (χ0v) is 13.7. The molecule has 2 atom stereocenters. The first-order valence-corrected chi connectivity index (χ1v) is 8.37. The number of rotatable bonds is 2. The van der Waals surface area contributed by atoms with Crippen molar-refractivity contribution < 1.29 is 13.9 Å². The fourth-order valence-corrected chi connectivity index (χ4v) is 3.85. The highest BCUT2D eigenvalue weighted by atomic mass is 19.1. The number of fused-ring (bicyclic) bond motifs is 1. The average Bonchev–Trinajstić information content (AvgIpc) is 3.20. The van der Waals surface area contributed by atoms with Crippen LogP contribution in [0.15, 0.2) is 18.5 Å². The van der Waals surface area contributed by atoms with Gasteiger partial charge in [0.05, 0.1) is 30.6 Å². The van der Waals surface area contributed by atoms with Crippen molar-refractivity contribution in [2.24, 2.45) is 5.92 Å². The standard InChI is InChI=1S/C17H21FN4O2/c1-11-8-22(9-15(11)21-2-4-24-5-3-21)17(23)13-6-12(18)7-14-16(13)20-10-19-14/h6-7,10-11,15H,2-5,8-9H2,1H3,(H,19,20)/t11-,15+/m0/s1. The molecule has 1 N–H and O–H groups in total. The predicted octanol–water partition coefficient (Wildman–Crippen LogP) is 1.49. The van der Waals surface area contributed by atoms with Gasteiger partial charge in [-0.25, -0.2) is 9.37 Å². The van der Waals surface area contributed by atoms with Crippen LogP contribution in [0.5, 0.6) is 0 Å². The smallest absolute Gasteiger partial charge is 0.256 e. The minimum atomic E-state index is -0.424. The highest BCUT2D eigenvalue weighted by Crippen LogP contribution is 2.26. The van der Waals surface area contributed by atoms with Crippen LogP contribution in [-0.2, 0) is 4.74 Å². The van der Waals surface area contributed by atoms with Gasteiger partial charge in [-0.2, -0.15) is 0 Å². The van der Waals surface area contributed by atoms with Crippen molar-refractivity contribution in [3.63, 3.8) is 0 Å². The summed E-state index contributed by atoms with van der Waals surface area (Å²) >= 11 is 0. The van der Waals surface area contributed by atoms with Gasteiger partial charge in [0.1, 0.15) is 11.3 Å². The van der Waals surface area contributed by atoms with Crippen LogP contribution in [-0.4, -0.2) is 71.1 Å². The molecule has 0 spiro atoms. The number of amides is 1. The topological polar surface area (TPSA) is 61.5 Å². The van der Waals surface area contributed by atoms with Crippen molar-refractivity contribution in [3.05, 3.63) is 29.8 Å². The van der Waals surface area contributed by atoms with Crippen LogP contribution in [0.4, 0.5) is 4.39 Å². The van der Waals surface area contributed by atoms with Crippen LogP contribution < -0.4 is 0 Å². The van der Waals surface area contributed by atoms with Gasteiger partial charge in [0, 0.05) is 32.2 Å². The van der Waals surface area contributed by atoms with Crippen molar-refractivity contribution in [2.45, 2.75) is 13.0 Å². The van der Waals surface area contributed by atoms with Crippen LogP contribution >= 0.6 is 0 Å². The molecule has 2 fully saturated rings. The minimum Gasteiger partial charge on any atom is -0.379 e. The van der Waals surface area contributed by atoms with Crippen molar-refractivity contribution in [1.82, 2.24) is 19.8 Å². The molecule has 6 nitrogen and oxygen atoms in total. The van der Waals surface area contributed by atoms with Gasteiger partial charge in [-0.3, -0.25) is 9.69 Å². The normalized spacial score (nSPS) is 25.5. The zero-order chi connectivity index (χ0) is 16.7. The zero-order valence-electron chi connectivity index (χ0n) is 13.7. The summed E-state index contributed by atoms with van der Waals surface area (Å²) in [6.07, 6.45) is 1.49. The van der Waals surface area contributed by atoms with Crippen LogP contribution in [0.2, 0.25) is 0 Å². The second-order valence-corrected chi connectivity index (χ2v) is 6.66. The monoisotopic (exact) mass is 332 g/mol. The maximum atomic E-state index is 13.8. The average molecular weight is 332 g/mol. The minimum absolute atomic E-state index is 0.144. The number of nitrogens with zero attached hydrogens (tertiary/aromatic N) is 3. The maximum absolute atomic E-state index is 13.8. The third-order valence-corrected chi connectivity index (χ3v) is 5.09. The maximum Gasteiger partial charge on any atom is 0.256 e. The summed E-state index contributed by atoms with van der Waals surface area (Å²) < 4.78 is 19.2. The van der Waals surface area contributed by atoms with E-state index in [2.05, 4.69) is 21.8 Å². The molecule has 0 bridgehead atoms. The summed E-state index contributed by atoms with van der Waals surface area (Å²) in [7, 11) is 0. The number of aromatic nitrogens is 2. The molecule has 1 aromatic carbocycles. The number of ether oxygens (including phenoxy) is 1. The van der Waals surface area contributed by atoms with Gasteiger partial charge >= 0.3 is 0 Å². The Balaban J connectivity index is 1.57. The number of H-pyrrole nitrogens is 1. The van der Waals surface area contributed by atoms with E-state index in [1.54, 1.807) is 0 Å². The van der Waals surface area contributed by atoms with Gasteiger partial charge in [-0.05, 0) is 18.1 Å². The largest absolute Gasteiger partial charge is 0.379 e. The summed E-state index contributed by atoms with van der Waals surface area (Å²) in [5.41, 5.74) is 1.42. The summed E-state index contributed by atoms with van der Waals surface area (Å²) in [5, 5.41) is 0. The number of morpholine rings is 1. The number of nitrogens with one attached hydrogen (secondary N) is 1.